The van der Waals surface area contributed by atoms with Gasteiger partial charge in [-0.2, -0.15) is 5.10 Å². The number of fused-ring (bicyclic) bond motifs is 1. The first-order valence-corrected chi connectivity index (χ1v) is 8.29. The van der Waals surface area contributed by atoms with E-state index in [1.165, 1.54) is 30.5 Å². The van der Waals surface area contributed by atoms with Gasteiger partial charge in [-0.05, 0) is 52.7 Å². The Balaban J connectivity index is 1.88. The Morgan fingerprint density at radius 3 is 2.43 bits per heavy atom. The fourth-order valence-corrected chi connectivity index (χ4v) is 2.75. The molecule has 28 heavy (non-hydrogen) atoms. The number of alkyl halides is 3. The van der Waals surface area contributed by atoms with Crippen molar-refractivity contribution in [3.63, 3.8) is 0 Å². The summed E-state index contributed by atoms with van der Waals surface area (Å²) in [6.45, 7) is 0. The Kier molecular flexibility index (Phi) is 5.49. The minimum absolute atomic E-state index is 0.292. The summed E-state index contributed by atoms with van der Waals surface area (Å²) in [5.74, 6) is -0.292. The van der Waals surface area contributed by atoms with Crippen LogP contribution in [0.1, 0.15) is 11.1 Å². The molecule has 3 aromatic rings. The Hall–Kier alpha value is -3.55. The van der Waals surface area contributed by atoms with Crippen molar-refractivity contribution < 1.29 is 17.9 Å². The molecule has 144 valence electrons. The number of hydrogen-bond acceptors (Lipinski definition) is 5. The predicted molar refractivity (Wildman–Crippen MR) is 105 cm³/mol. The molecule has 8 heteroatoms. The Labute approximate surface area is 159 Å². The van der Waals surface area contributed by atoms with Crippen LogP contribution in [0.5, 0.6) is 5.75 Å². The molecule has 0 bridgehead atoms. The number of halogens is 3. The molecule has 0 radical (unpaired) electrons. The number of anilines is 2. The van der Waals surface area contributed by atoms with Gasteiger partial charge < -0.3 is 20.9 Å². The maximum atomic E-state index is 12.3. The Bertz CT molecular complexity index is 1010. The van der Waals surface area contributed by atoms with Crippen LogP contribution >= 0.6 is 0 Å². The van der Waals surface area contributed by atoms with Gasteiger partial charge in [0, 0.05) is 30.2 Å². The molecule has 3 aromatic carbocycles. The molecular formula is C20H17F3N4O. The third-order valence-electron chi connectivity index (χ3n) is 3.94. The van der Waals surface area contributed by atoms with Gasteiger partial charge >= 0.3 is 6.36 Å². The molecule has 0 fully saturated rings. The first-order chi connectivity index (χ1) is 13.4. The van der Waals surface area contributed by atoms with Crippen molar-refractivity contribution in [1.29, 1.82) is 5.41 Å². The van der Waals surface area contributed by atoms with E-state index < -0.39 is 6.36 Å². The number of ether oxygens (including phenoxy) is 1. The van der Waals surface area contributed by atoms with Crippen LogP contribution in [0.25, 0.3) is 10.8 Å². The van der Waals surface area contributed by atoms with Gasteiger partial charge in [0.2, 0.25) is 0 Å². The van der Waals surface area contributed by atoms with Crippen LogP contribution < -0.4 is 15.5 Å². The second kappa shape index (κ2) is 7.99. The molecule has 0 aliphatic carbocycles. The van der Waals surface area contributed by atoms with Crippen molar-refractivity contribution in [3.05, 3.63) is 65.7 Å². The van der Waals surface area contributed by atoms with E-state index in [9.17, 15) is 13.2 Å². The molecule has 0 saturated heterocycles. The lowest BCUT2D eigenvalue weighted by atomic mass is 10.0. The lowest BCUT2D eigenvalue weighted by Crippen LogP contribution is -2.16. The van der Waals surface area contributed by atoms with Crippen LogP contribution in [0.3, 0.4) is 0 Å². The van der Waals surface area contributed by atoms with Crippen LogP contribution in [-0.2, 0) is 0 Å². The number of nitrogens with one attached hydrogen (secondary N) is 3. The van der Waals surface area contributed by atoms with Gasteiger partial charge in [-0.3, -0.25) is 0 Å². The number of nitrogens with zero attached hydrogens (tertiary/aromatic N) is 1. The second-order valence-electron chi connectivity index (χ2n) is 5.83. The average Bonchev–Trinajstić information content (AvgIpc) is 2.66. The summed E-state index contributed by atoms with van der Waals surface area (Å²) in [6.07, 6.45) is -1.79. The van der Waals surface area contributed by atoms with Crippen LogP contribution in [0.4, 0.5) is 24.5 Å². The molecule has 0 amide bonds. The molecule has 5 nitrogen and oxygen atoms in total. The first-order valence-electron chi connectivity index (χ1n) is 8.29. The van der Waals surface area contributed by atoms with Crippen LogP contribution in [0.2, 0.25) is 0 Å². The molecule has 0 aromatic heterocycles. The topological polar surface area (TPSA) is 69.5 Å². The number of benzene rings is 3. The fraction of sp³-hybridized carbons (Fsp3) is 0.100. The minimum atomic E-state index is -4.72. The molecule has 3 rings (SSSR count). The van der Waals surface area contributed by atoms with Gasteiger partial charge in [0.1, 0.15) is 5.75 Å². The van der Waals surface area contributed by atoms with E-state index in [2.05, 4.69) is 20.6 Å². The predicted octanol–water partition coefficient (Wildman–Crippen LogP) is 5.03. The van der Waals surface area contributed by atoms with Gasteiger partial charge in [0.25, 0.3) is 0 Å². The van der Waals surface area contributed by atoms with E-state index in [4.69, 9.17) is 5.41 Å². The van der Waals surface area contributed by atoms with Crippen molar-refractivity contribution in [2.24, 2.45) is 5.10 Å². The maximum absolute atomic E-state index is 12.3. The smallest absolute Gasteiger partial charge is 0.406 e. The average molecular weight is 386 g/mol. The third kappa shape index (κ3) is 4.59. The zero-order valence-electron chi connectivity index (χ0n) is 14.8. The van der Waals surface area contributed by atoms with Crippen LogP contribution in [0, 0.1) is 5.41 Å². The van der Waals surface area contributed by atoms with E-state index in [0.29, 0.717) is 16.9 Å². The molecular weight excluding hydrogens is 369 g/mol. The molecule has 0 unspecified atom stereocenters. The summed E-state index contributed by atoms with van der Waals surface area (Å²) in [5.41, 5.74) is 5.53. The highest BCUT2D eigenvalue weighted by Crippen LogP contribution is 2.29. The minimum Gasteiger partial charge on any atom is -0.406 e. The lowest BCUT2D eigenvalue weighted by molar-refractivity contribution is -0.274. The van der Waals surface area contributed by atoms with E-state index >= 15 is 0 Å². The summed E-state index contributed by atoms with van der Waals surface area (Å²) in [7, 11) is 1.71. The number of hydrogen-bond donors (Lipinski definition) is 3. The van der Waals surface area contributed by atoms with E-state index in [1.807, 2.05) is 30.3 Å². The summed E-state index contributed by atoms with van der Waals surface area (Å²) in [6, 6.07) is 14.9. The van der Waals surface area contributed by atoms with Crippen molar-refractivity contribution in [3.8, 4) is 5.75 Å². The van der Waals surface area contributed by atoms with Crippen molar-refractivity contribution in [2.75, 3.05) is 12.4 Å². The highest BCUT2D eigenvalue weighted by atomic mass is 19.4. The van der Waals surface area contributed by atoms with Gasteiger partial charge in [-0.25, -0.2) is 0 Å². The van der Waals surface area contributed by atoms with E-state index in [1.54, 1.807) is 13.3 Å². The Morgan fingerprint density at radius 2 is 1.79 bits per heavy atom. The van der Waals surface area contributed by atoms with Crippen molar-refractivity contribution >= 4 is 34.6 Å². The SMILES string of the molecule is CN/N=C/c1ccc2c(C=N)c(Nc3ccc(OC(F)(F)F)cc3)ccc2c1. The van der Waals surface area contributed by atoms with Crippen molar-refractivity contribution in [1.82, 2.24) is 5.43 Å². The van der Waals surface area contributed by atoms with Crippen LogP contribution in [-0.4, -0.2) is 25.8 Å². The van der Waals surface area contributed by atoms with Gasteiger partial charge in [0.05, 0.1) is 6.21 Å². The zero-order chi connectivity index (χ0) is 20.1. The highest BCUT2D eigenvalue weighted by molar-refractivity contribution is 6.06. The quantitative estimate of drug-likeness (QED) is 0.411. The summed E-state index contributed by atoms with van der Waals surface area (Å²) >= 11 is 0. The van der Waals surface area contributed by atoms with Crippen molar-refractivity contribution in [2.45, 2.75) is 6.36 Å². The first kappa shape index (κ1) is 19.2. The van der Waals surface area contributed by atoms with Gasteiger partial charge in [0.15, 0.2) is 0 Å². The molecule has 0 aliphatic heterocycles. The zero-order valence-corrected chi connectivity index (χ0v) is 14.8. The maximum Gasteiger partial charge on any atom is 0.573 e. The van der Waals surface area contributed by atoms with Gasteiger partial charge in [-0.1, -0.05) is 18.2 Å². The fourth-order valence-electron chi connectivity index (χ4n) is 2.75. The third-order valence-corrected chi connectivity index (χ3v) is 3.94. The largest absolute Gasteiger partial charge is 0.573 e. The molecule has 0 saturated carbocycles. The standard InChI is InChI=1S/C20H17F3N4O/c1-25-26-12-13-2-8-17-14(10-13)3-9-19(18(17)11-24)27-15-4-6-16(7-5-15)28-20(21,22)23/h2-12,24-25,27H,1H3/b24-11?,26-12+. The molecule has 0 heterocycles. The monoisotopic (exact) mass is 386 g/mol. The van der Waals surface area contributed by atoms with E-state index in [0.717, 1.165) is 16.3 Å². The molecule has 0 aliphatic rings. The summed E-state index contributed by atoms with van der Waals surface area (Å²) in [5, 5.41) is 16.7. The molecule has 0 spiro atoms. The summed E-state index contributed by atoms with van der Waals surface area (Å²) < 4.78 is 40.6. The summed E-state index contributed by atoms with van der Waals surface area (Å²) in [4.78, 5) is 0. The Morgan fingerprint density at radius 1 is 1.04 bits per heavy atom. The number of hydrazone groups is 1. The van der Waals surface area contributed by atoms with Gasteiger partial charge in [-0.15, -0.1) is 13.2 Å². The molecule has 3 N–H and O–H groups in total. The second-order valence-corrected chi connectivity index (χ2v) is 5.83. The lowest BCUT2D eigenvalue weighted by Gasteiger charge is -2.13. The highest BCUT2D eigenvalue weighted by Gasteiger charge is 2.30. The normalized spacial score (nSPS) is 11.6. The number of rotatable bonds is 6. The van der Waals surface area contributed by atoms with Crippen LogP contribution in [0.15, 0.2) is 59.7 Å². The molecule has 0 atom stereocenters. The van der Waals surface area contributed by atoms with E-state index in [-0.39, 0.29) is 5.75 Å².